The number of benzene rings is 1. The van der Waals surface area contributed by atoms with Crippen LogP contribution in [0.1, 0.15) is 11.7 Å². The molecule has 0 heterocycles. The van der Waals surface area contributed by atoms with Crippen molar-refractivity contribution in [1.82, 2.24) is 5.32 Å². The van der Waals surface area contributed by atoms with Crippen molar-refractivity contribution < 1.29 is 14.2 Å². The largest absolute Gasteiger partial charge is 0.387 e. The summed E-state index contributed by atoms with van der Waals surface area (Å²) in [6.45, 7) is 1.49. The Morgan fingerprint density at radius 1 is 1.56 bits per heavy atom. The summed E-state index contributed by atoms with van der Waals surface area (Å²) >= 11 is 3.24. The van der Waals surface area contributed by atoms with E-state index in [2.05, 4.69) is 21.2 Å². The molecule has 0 fully saturated rings. The quantitative estimate of drug-likeness (QED) is 0.786. The third-order valence-corrected chi connectivity index (χ3v) is 2.63. The molecule has 1 aromatic rings. The molecule has 16 heavy (non-hydrogen) atoms. The van der Waals surface area contributed by atoms with E-state index in [1.54, 1.807) is 19.2 Å². The number of rotatable bonds is 6. The van der Waals surface area contributed by atoms with E-state index >= 15 is 0 Å². The molecule has 90 valence electrons. The van der Waals surface area contributed by atoms with Crippen molar-refractivity contribution >= 4 is 15.9 Å². The van der Waals surface area contributed by atoms with Crippen molar-refractivity contribution in [2.45, 2.75) is 6.10 Å². The van der Waals surface area contributed by atoms with Gasteiger partial charge in [0.25, 0.3) is 0 Å². The van der Waals surface area contributed by atoms with Crippen LogP contribution in [0.4, 0.5) is 4.39 Å². The molecule has 1 unspecified atom stereocenters. The second kappa shape index (κ2) is 6.96. The van der Waals surface area contributed by atoms with Crippen molar-refractivity contribution in [2.75, 3.05) is 26.8 Å². The zero-order chi connectivity index (χ0) is 12.0. The molecule has 1 aromatic carbocycles. The molecule has 0 amide bonds. The highest BCUT2D eigenvalue weighted by Gasteiger charge is 2.12. The fraction of sp³-hybridized carbons (Fsp3) is 0.455. The van der Waals surface area contributed by atoms with Gasteiger partial charge in [-0.3, -0.25) is 0 Å². The Hall–Kier alpha value is -0.490. The highest BCUT2D eigenvalue weighted by atomic mass is 79.9. The first-order valence-corrected chi connectivity index (χ1v) is 5.77. The molecule has 2 N–H and O–H groups in total. The number of aliphatic hydroxyl groups excluding tert-OH is 1. The van der Waals surface area contributed by atoms with Crippen molar-refractivity contribution in [1.29, 1.82) is 0 Å². The van der Waals surface area contributed by atoms with Gasteiger partial charge in [0.15, 0.2) is 0 Å². The van der Waals surface area contributed by atoms with Crippen LogP contribution in [0.5, 0.6) is 0 Å². The Bertz CT molecular complexity index is 336. The number of aliphatic hydroxyl groups is 1. The van der Waals surface area contributed by atoms with Crippen LogP contribution in [0.2, 0.25) is 0 Å². The second-order valence-electron chi connectivity index (χ2n) is 3.38. The second-order valence-corrected chi connectivity index (χ2v) is 4.29. The van der Waals surface area contributed by atoms with Gasteiger partial charge in [-0.15, -0.1) is 0 Å². The molecule has 0 bridgehead atoms. The van der Waals surface area contributed by atoms with E-state index in [4.69, 9.17) is 4.74 Å². The van der Waals surface area contributed by atoms with E-state index in [9.17, 15) is 9.50 Å². The van der Waals surface area contributed by atoms with Crippen LogP contribution in [0.25, 0.3) is 0 Å². The summed E-state index contributed by atoms with van der Waals surface area (Å²) < 4.78 is 19.0. The van der Waals surface area contributed by atoms with Crippen LogP contribution in [0, 0.1) is 5.82 Å². The molecule has 0 aliphatic carbocycles. The highest BCUT2D eigenvalue weighted by Crippen LogP contribution is 2.21. The van der Waals surface area contributed by atoms with Crippen molar-refractivity contribution in [3.63, 3.8) is 0 Å². The molecule has 0 aromatic heterocycles. The highest BCUT2D eigenvalue weighted by molar-refractivity contribution is 9.10. The molecule has 1 rings (SSSR count). The van der Waals surface area contributed by atoms with Gasteiger partial charge >= 0.3 is 0 Å². The van der Waals surface area contributed by atoms with E-state index in [1.165, 1.54) is 6.07 Å². The van der Waals surface area contributed by atoms with E-state index in [0.717, 1.165) is 4.47 Å². The monoisotopic (exact) mass is 291 g/mol. The number of halogens is 2. The van der Waals surface area contributed by atoms with Gasteiger partial charge in [0, 0.05) is 30.2 Å². The first-order chi connectivity index (χ1) is 7.65. The van der Waals surface area contributed by atoms with E-state index < -0.39 is 11.9 Å². The molecular formula is C11H15BrFNO2. The number of hydrogen-bond acceptors (Lipinski definition) is 3. The van der Waals surface area contributed by atoms with Gasteiger partial charge in [-0.2, -0.15) is 0 Å². The standard InChI is InChI=1S/C11H15BrFNO2/c1-16-5-4-14-7-11(15)9-6-8(12)2-3-10(9)13/h2-3,6,11,14-15H,4-5,7H2,1H3. The van der Waals surface area contributed by atoms with Gasteiger partial charge in [0.2, 0.25) is 0 Å². The minimum absolute atomic E-state index is 0.291. The van der Waals surface area contributed by atoms with Crippen LogP contribution in [0.3, 0.4) is 0 Å². The Morgan fingerprint density at radius 3 is 3.00 bits per heavy atom. The van der Waals surface area contributed by atoms with Crippen molar-refractivity contribution in [2.24, 2.45) is 0 Å². The van der Waals surface area contributed by atoms with Gasteiger partial charge in [-0.05, 0) is 18.2 Å². The lowest BCUT2D eigenvalue weighted by Crippen LogP contribution is -2.25. The fourth-order valence-corrected chi connectivity index (χ4v) is 1.67. The van der Waals surface area contributed by atoms with Crippen molar-refractivity contribution in [3.8, 4) is 0 Å². The number of methoxy groups -OCH3 is 1. The zero-order valence-corrected chi connectivity index (χ0v) is 10.6. The SMILES string of the molecule is COCCNCC(O)c1cc(Br)ccc1F. The van der Waals surface area contributed by atoms with E-state index in [-0.39, 0.29) is 0 Å². The third kappa shape index (κ3) is 4.17. The molecule has 1 atom stereocenters. The molecule has 0 aliphatic heterocycles. The van der Waals surface area contributed by atoms with Crippen LogP contribution >= 0.6 is 15.9 Å². The lowest BCUT2D eigenvalue weighted by atomic mass is 10.1. The summed E-state index contributed by atoms with van der Waals surface area (Å²) in [5.74, 6) is -0.399. The van der Waals surface area contributed by atoms with Crippen LogP contribution < -0.4 is 5.32 Å². The molecule has 0 aliphatic rings. The summed E-state index contributed by atoms with van der Waals surface area (Å²) in [5, 5.41) is 12.7. The summed E-state index contributed by atoms with van der Waals surface area (Å²) in [7, 11) is 1.60. The Balaban J connectivity index is 2.51. The smallest absolute Gasteiger partial charge is 0.129 e. The molecule has 5 heteroatoms. The summed E-state index contributed by atoms with van der Waals surface area (Å²) in [5.41, 5.74) is 0.291. The van der Waals surface area contributed by atoms with Gasteiger partial charge < -0.3 is 15.2 Å². The first-order valence-electron chi connectivity index (χ1n) is 4.98. The molecular weight excluding hydrogens is 277 g/mol. The maximum absolute atomic E-state index is 13.4. The molecule has 0 radical (unpaired) electrons. The minimum Gasteiger partial charge on any atom is -0.387 e. The molecule has 0 saturated carbocycles. The number of nitrogens with one attached hydrogen (secondary N) is 1. The zero-order valence-electron chi connectivity index (χ0n) is 9.04. The van der Waals surface area contributed by atoms with Gasteiger partial charge in [-0.25, -0.2) is 4.39 Å². The Kier molecular flexibility index (Phi) is 5.90. The van der Waals surface area contributed by atoms with Crippen LogP contribution in [-0.4, -0.2) is 31.9 Å². The van der Waals surface area contributed by atoms with Gasteiger partial charge in [-0.1, -0.05) is 15.9 Å². The van der Waals surface area contributed by atoms with Gasteiger partial charge in [0.1, 0.15) is 5.82 Å². The molecule has 0 saturated heterocycles. The third-order valence-electron chi connectivity index (χ3n) is 2.14. The summed E-state index contributed by atoms with van der Waals surface area (Å²) in [6, 6.07) is 4.51. The summed E-state index contributed by atoms with van der Waals surface area (Å²) in [6.07, 6.45) is -0.852. The Labute approximate surface area is 103 Å². The van der Waals surface area contributed by atoms with Gasteiger partial charge in [0.05, 0.1) is 12.7 Å². The minimum atomic E-state index is -0.852. The van der Waals surface area contributed by atoms with Crippen LogP contribution in [0.15, 0.2) is 22.7 Å². The Morgan fingerprint density at radius 2 is 2.31 bits per heavy atom. The average molecular weight is 292 g/mol. The fourth-order valence-electron chi connectivity index (χ4n) is 1.29. The average Bonchev–Trinajstić information content (AvgIpc) is 2.27. The topological polar surface area (TPSA) is 41.5 Å². The van der Waals surface area contributed by atoms with Crippen molar-refractivity contribution in [3.05, 3.63) is 34.1 Å². The van der Waals surface area contributed by atoms with E-state index in [0.29, 0.717) is 25.3 Å². The van der Waals surface area contributed by atoms with Crippen LogP contribution in [-0.2, 0) is 4.74 Å². The first kappa shape index (κ1) is 13.6. The predicted octanol–water partition coefficient (Wildman–Crippen LogP) is 1.86. The predicted molar refractivity (Wildman–Crippen MR) is 63.8 cm³/mol. The molecule has 3 nitrogen and oxygen atoms in total. The maximum atomic E-state index is 13.4. The summed E-state index contributed by atoms with van der Waals surface area (Å²) in [4.78, 5) is 0. The van der Waals surface area contributed by atoms with E-state index in [1.807, 2.05) is 0 Å². The number of hydrogen-bond donors (Lipinski definition) is 2. The normalized spacial score (nSPS) is 12.8. The number of ether oxygens (including phenoxy) is 1. The molecule has 0 spiro atoms. The lowest BCUT2D eigenvalue weighted by molar-refractivity contribution is 0.158. The lowest BCUT2D eigenvalue weighted by Gasteiger charge is -2.13. The maximum Gasteiger partial charge on any atom is 0.129 e.